The zero-order valence-corrected chi connectivity index (χ0v) is 10.7. The molecule has 94 valence electrons. The number of ketones is 1. The number of hydrogen-bond donors (Lipinski definition) is 0. The van der Waals surface area contributed by atoms with E-state index in [0.717, 1.165) is 24.2 Å². The summed E-state index contributed by atoms with van der Waals surface area (Å²) in [5, 5.41) is 0. The summed E-state index contributed by atoms with van der Waals surface area (Å²) < 4.78 is 10.3. The van der Waals surface area contributed by atoms with Crippen molar-refractivity contribution >= 4 is 5.78 Å². The molecule has 0 radical (unpaired) electrons. The molecule has 0 saturated heterocycles. The van der Waals surface area contributed by atoms with Gasteiger partial charge in [-0.1, -0.05) is 25.5 Å². The molecule has 1 aromatic carbocycles. The number of hydrogen-bond acceptors (Lipinski definition) is 3. The molecular formula is C14H20O3. The standard InChI is InChI=1S/C14H20O3/c1-4-6-14(17-3)13(15)10-11-7-5-8-12(9-11)16-2/h5,7-9,14H,4,6,10H2,1-3H3. The molecule has 0 aromatic heterocycles. The maximum absolute atomic E-state index is 12.0. The molecule has 0 bridgehead atoms. The Kier molecular flexibility index (Phi) is 5.70. The van der Waals surface area contributed by atoms with Crippen LogP contribution in [0.5, 0.6) is 5.75 Å². The number of ether oxygens (including phenoxy) is 2. The van der Waals surface area contributed by atoms with E-state index in [9.17, 15) is 4.79 Å². The van der Waals surface area contributed by atoms with E-state index in [-0.39, 0.29) is 11.9 Å². The minimum Gasteiger partial charge on any atom is -0.497 e. The van der Waals surface area contributed by atoms with Crippen LogP contribution in [0, 0.1) is 0 Å². The molecular weight excluding hydrogens is 216 g/mol. The predicted molar refractivity (Wildman–Crippen MR) is 67.4 cm³/mol. The SMILES string of the molecule is CCCC(OC)C(=O)Cc1cccc(OC)c1. The van der Waals surface area contributed by atoms with E-state index in [1.54, 1.807) is 14.2 Å². The zero-order chi connectivity index (χ0) is 12.7. The molecule has 0 saturated carbocycles. The van der Waals surface area contributed by atoms with E-state index in [0.29, 0.717) is 6.42 Å². The van der Waals surface area contributed by atoms with Crippen LogP contribution in [0.15, 0.2) is 24.3 Å². The average Bonchev–Trinajstić information content (AvgIpc) is 2.36. The number of benzene rings is 1. The first-order chi connectivity index (χ1) is 8.21. The van der Waals surface area contributed by atoms with Crippen molar-refractivity contribution in [3.8, 4) is 5.75 Å². The molecule has 0 spiro atoms. The minimum atomic E-state index is -0.286. The van der Waals surface area contributed by atoms with E-state index in [1.807, 2.05) is 31.2 Å². The lowest BCUT2D eigenvalue weighted by atomic mass is 10.0. The smallest absolute Gasteiger partial charge is 0.165 e. The third-order valence-electron chi connectivity index (χ3n) is 2.71. The first-order valence-electron chi connectivity index (χ1n) is 5.89. The van der Waals surface area contributed by atoms with Crippen LogP contribution >= 0.6 is 0 Å². The van der Waals surface area contributed by atoms with Gasteiger partial charge >= 0.3 is 0 Å². The van der Waals surface area contributed by atoms with E-state index in [4.69, 9.17) is 9.47 Å². The van der Waals surface area contributed by atoms with Crippen LogP contribution in [0.1, 0.15) is 25.3 Å². The lowest BCUT2D eigenvalue weighted by Gasteiger charge is -2.13. The van der Waals surface area contributed by atoms with E-state index >= 15 is 0 Å². The molecule has 0 aliphatic carbocycles. The summed E-state index contributed by atoms with van der Waals surface area (Å²) in [6, 6.07) is 7.58. The molecule has 17 heavy (non-hydrogen) atoms. The van der Waals surface area contributed by atoms with Crippen molar-refractivity contribution < 1.29 is 14.3 Å². The van der Waals surface area contributed by atoms with Crippen molar-refractivity contribution in [1.29, 1.82) is 0 Å². The Morgan fingerprint density at radius 3 is 2.71 bits per heavy atom. The Morgan fingerprint density at radius 2 is 2.12 bits per heavy atom. The number of carbonyl (C=O) groups excluding carboxylic acids is 1. The molecule has 1 unspecified atom stereocenters. The topological polar surface area (TPSA) is 35.5 Å². The Bertz CT molecular complexity index is 360. The number of carbonyl (C=O) groups is 1. The Morgan fingerprint density at radius 1 is 1.35 bits per heavy atom. The molecule has 0 aliphatic rings. The second kappa shape index (κ2) is 7.07. The molecule has 0 fully saturated rings. The van der Waals surface area contributed by atoms with Crippen molar-refractivity contribution in [3.05, 3.63) is 29.8 Å². The van der Waals surface area contributed by atoms with Crippen molar-refractivity contribution in [2.45, 2.75) is 32.3 Å². The van der Waals surface area contributed by atoms with Crippen LogP contribution in [0.2, 0.25) is 0 Å². The fourth-order valence-electron chi connectivity index (χ4n) is 1.77. The fourth-order valence-corrected chi connectivity index (χ4v) is 1.77. The summed E-state index contributed by atoms with van der Waals surface area (Å²) in [4.78, 5) is 12.0. The van der Waals surface area contributed by atoms with Crippen molar-refractivity contribution in [2.75, 3.05) is 14.2 Å². The van der Waals surface area contributed by atoms with Crippen LogP contribution in [0.25, 0.3) is 0 Å². The normalized spacial score (nSPS) is 12.2. The highest BCUT2D eigenvalue weighted by molar-refractivity contribution is 5.85. The minimum absolute atomic E-state index is 0.127. The van der Waals surface area contributed by atoms with E-state index in [2.05, 4.69) is 0 Å². The van der Waals surface area contributed by atoms with Gasteiger partial charge in [0.25, 0.3) is 0 Å². The fraction of sp³-hybridized carbons (Fsp3) is 0.500. The lowest BCUT2D eigenvalue weighted by molar-refractivity contribution is -0.128. The molecule has 0 heterocycles. The number of Topliss-reactive ketones (excluding diaryl/α,β-unsaturated/α-hetero) is 1. The summed E-state index contributed by atoms with van der Waals surface area (Å²) in [6.45, 7) is 2.05. The highest BCUT2D eigenvalue weighted by Gasteiger charge is 2.16. The third-order valence-corrected chi connectivity index (χ3v) is 2.71. The summed E-state index contributed by atoms with van der Waals surface area (Å²) in [6.07, 6.45) is 1.84. The third kappa shape index (κ3) is 4.19. The van der Waals surface area contributed by atoms with Crippen LogP contribution in [0.3, 0.4) is 0 Å². The first kappa shape index (κ1) is 13.7. The van der Waals surface area contributed by atoms with Gasteiger partial charge in [0.15, 0.2) is 5.78 Å². The van der Waals surface area contributed by atoms with Gasteiger partial charge in [-0.3, -0.25) is 4.79 Å². The van der Waals surface area contributed by atoms with Gasteiger partial charge in [-0.15, -0.1) is 0 Å². The van der Waals surface area contributed by atoms with Crippen LogP contribution in [-0.2, 0) is 16.0 Å². The molecule has 3 nitrogen and oxygen atoms in total. The Balaban J connectivity index is 2.65. The van der Waals surface area contributed by atoms with E-state index in [1.165, 1.54) is 0 Å². The second-order valence-corrected chi connectivity index (χ2v) is 4.01. The lowest BCUT2D eigenvalue weighted by Crippen LogP contribution is -2.24. The highest BCUT2D eigenvalue weighted by atomic mass is 16.5. The molecule has 0 amide bonds. The van der Waals surface area contributed by atoms with Gasteiger partial charge in [-0.2, -0.15) is 0 Å². The largest absolute Gasteiger partial charge is 0.497 e. The number of rotatable bonds is 7. The second-order valence-electron chi connectivity index (χ2n) is 4.01. The monoisotopic (exact) mass is 236 g/mol. The summed E-state index contributed by atoms with van der Waals surface area (Å²) in [7, 11) is 3.21. The van der Waals surface area contributed by atoms with E-state index < -0.39 is 0 Å². The van der Waals surface area contributed by atoms with Crippen LogP contribution in [-0.4, -0.2) is 26.1 Å². The molecule has 1 aromatic rings. The molecule has 1 atom stereocenters. The quantitative estimate of drug-likeness (QED) is 0.730. The van der Waals surface area contributed by atoms with Gasteiger partial charge in [0.05, 0.1) is 7.11 Å². The molecule has 3 heteroatoms. The van der Waals surface area contributed by atoms with Crippen molar-refractivity contribution in [1.82, 2.24) is 0 Å². The van der Waals surface area contributed by atoms with Gasteiger partial charge < -0.3 is 9.47 Å². The first-order valence-corrected chi connectivity index (χ1v) is 5.89. The van der Waals surface area contributed by atoms with Crippen LogP contribution in [0.4, 0.5) is 0 Å². The van der Waals surface area contributed by atoms with Crippen molar-refractivity contribution in [3.63, 3.8) is 0 Å². The molecule has 1 rings (SSSR count). The van der Waals surface area contributed by atoms with Gasteiger partial charge in [0.1, 0.15) is 11.9 Å². The van der Waals surface area contributed by atoms with Gasteiger partial charge in [-0.05, 0) is 24.1 Å². The maximum Gasteiger partial charge on any atom is 0.165 e. The number of methoxy groups -OCH3 is 2. The Labute approximate surface area is 103 Å². The Hall–Kier alpha value is -1.35. The average molecular weight is 236 g/mol. The summed E-state index contributed by atoms with van der Waals surface area (Å²) in [5.41, 5.74) is 0.965. The highest BCUT2D eigenvalue weighted by Crippen LogP contribution is 2.14. The summed E-state index contributed by atoms with van der Waals surface area (Å²) >= 11 is 0. The molecule has 0 aliphatic heterocycles. The summed E-state index contributed by atoms with van der Waals surface area (Å²) in [5.74, 6) is 0.905. The predicted octanol–water partition coefficient (Wildman–Crippen LogP) is 2.62. The van der Waals surface area contributed by atoms with Gasteiger partial charge in [0.2, 0.25) is 0 Å². The molecule has 0 N–H and O–H groups in total. The maximum atomic E-state index is 12.0. The van der Waals surface area contributed by atoms with Gasteiger partial charge in [0, 0.05) is 13.5 Å². The zero-order valence-electron chi connectivity index (χ0n) is 10.7. The van der Waals surface area contributed by atoms with Gasteiger partial charge in [-0.25, -0.2) is 0 Å². The van der Waals surface area contributed by atoms with Crippen LogP contribution < -0.4 is 4.74 Å². The van der Waals surface area contributed by atoms with Crippen molar-refractivity contribution in [2.24, 2.45) is 0 Å².